The molecule has 1 atom stereocenters. The maximum atomic E-state index is 5.99. The highest BCUT2D eigenvalue weighted by Crippen LogP contribution is 2.41. The van der Waals surface area contributed by atoms with Crippen molar-refractivity contribution in [3.8, 4) is 5.75 Å². The van der Waals surface area contributed by atoms with E-state index < -0.39 is 0 Å². The van der Waals surface area contributed by atoms with Gasteiger partial charge < -0.3 is 4.74 Å². The van der Waals surface area contributed by atoms with Crippen LogP contribution in [0.5, 0.6) is 5.75 Å². The number of allylic oxidation sites excluding steroid dienone is 1. The van der Waals surface area contributed by atoms with E-state index >= 15 is 0 Å². The second-order valence-electron chi connectivity index (χ2n) is 9.59. The van der Waals surface area contributed by atoms with Gasteiger partial charge in [-0.05, 0) is 61.1 Å². The second kappa shape index (κ2) is 15.5. The summed E-state index contributed by atoms with van der Waals surface area (Å²) < 4.78 is 5.99. The third kappa shape index (κ3) is 9.27. The predicted octanol–water partition coefficient (Wildman–Crippen LogP) is 9.47. The molecule has 0 aromatic heterocycles. The van der Waals surface area contributed by atoms with Crippen molar-refractivity contribution in [1.29, 1.82) is 0 Å². The van der Waals surface area contributed by atoms with Gasteiger partial charge in [0.15, 0.2) is 0 Å². The predicted molar refractivity (Wildman–Crippen MR) is 132 cm³/mol. The van der Waals surface area contributed by atoms with E-state index in [1.807, 2.05) is 0 Å². The number of hydrogen-bond acceptors (Lipinski definition) is 1. The van der Waals surface area contributed by atoms with Crippen molar-refractivity contribution in [2.24, 2.45) is 11.8 Å². The van der Waals surface area contributed by atoms with Gasteiger partial charge in [-0.15, -0.1) is 6.58 Å². The number of unbranched alkanes of at least 4 members (excludes halogenated alkanes) is 7. The summed E-state index contributed by atoms with van der Waals surface area (Å²) in [5, 5.41) is 0. The van der Waals surface area contributed by atoms with E-state index in [0.717, 1.165) is 30.6 Å². The van der Waals surface area contributed by atoms with Crippen molar-refractivity contribution in [2.45, 2.75) is 116 Å². The summed E-state index contributed by atoms with van der Waals surface area (Å²) >= 11 is 0. The minimum atomic E-state index is 0.631. The molecule has 1 aromatic carbocycles. The van der Waals surface area contributed by atoms with Gasteiger partial charge in [0.2, 0.25) is 0 Å². The monoisotopic (exact) mass is 412 g/mol. The molecule has 1 saturated carbocycles. The zero-order valence-corrected chi connectivity index (χ0v) is 20.0. The maximum absolute atomic E-state index is 5.99. The average molecular weight is 413 g/mol. The molecular formula is C29H48O. The molecule has 1 unspecified atom stereocenters. The minimum absolute atomic E-state index is 0.631. The van der Waals surface area contributed by atoms with Crippen molar-refractivity contribution in [1.82, 2.24) is 0 Å². The summed E-state index contributed by atoms with van der Waals surface area (Å²) in [5.74, 6) is 3.46. The number of benzene rings is 1. The van der Waals surface area contributed by atoms with Crippen molar-refractivity contribution >= 4 is 0 Å². The fourth-order valence-corrected chi connectivity index (χ4v) is 5.23. The van der Waals surface area contributed by atoms with Crippen molar-refractivity contribution in [3.63, 3.8) is 0 Å². The first kappa shape index (κ1) is 25.0. The van der Waals surface area contributed by atoms with E-state index in [1.54, 1.807) is 0 Å². The molecule has 2 rings (SSSR count). The van der Waals surface area contributed by atoms with Gasteiger partial charge in [0.1, 0.15) is 5.75 Å². The summed E-state index contributed by atoms with van der Waals surface area (Å²) in [4.78, 5) is 0. The Balaban J connectivity index is 1.77. The normalized spacial score (nSPS) is 20.1. The van der Waals surface area contributed by atoms with E-state index in [4.69, 9.17) is 4.74 Å². The lowest BCUT2D eigenvalue weighted by Crippen LogP contribution is -2.20. The standard InChI is InChI=1S/C29H48O/c1-4-7-9-10-11-13-24-30-28-22-20-27(21-23-28)29(14-6-3)26-18-16-25(17-19-26)15-12-8-5-2/h6,20-23,25-26,29H,3-5,7-19,24H2,1-2H3. The summed E-state index contributed by atoms with van der Waals surface area (Å²) in [7, 11) is 0. The highest BCUT2D eigenvalue weighted by atomic mass is 16.5. The zero-order valence-electron chi connectivity index (χ0n) is 20.0. The highest BCUT2D eigenvalue weighted by molar-refractivity contribution is 5.30. The van der Waals surface area contributed by atoms with E-state index in [2.05, 4.69) is 50.8 Å². The van der Waals surface area contributed by atoms with Gasteiger partial charge in [-0.1, -0.05) is 103 Å². The van der Waals surface area contributed by atoms with Crippen LogP contribution in [0.25, 0.3) is 0 Å². The zero-order chi connectivity index (χ0) is 21.4. The van der Waals surface area contributed by atoms with E-state index in [1.165, 1.54) is 95.5 Å². The number of hydrogen-bond donors (Lipinski definition) is 0. The topological polar surface area (TPSA) is 9.23 Å². The third-order valence-electron chi connectivity index (χ3n) is 7.17. The van der Waals surface area contributed by atoms with Crippen LogP contribution in [0.3, 0.4) is 0 Å². The van der Waals surface area contributed by atoms with Crippen LogP contribution in [0.1, 0.15) is 122 Å². The summed E-state index contributed by atoms with van der Waals surface area (Å²) in [6.45, 7) is 9.48. The molecule has 1 heteroatoms. The lowest BCUT2D eigenvalue weighted by molar-refractivity contribution is 0.230. The molecule has 0 amide bonds. The Morgan fingerprint density at radius 2 is 1.50 bits per heavy atom. The molecule has 0 saturated heterocycles. The minimum Gasteiger partial charge on any atom is -0.494 e. The Morgan fingerprint density at radius 1 is 0.867 bits per heavy atom. The Labute approximate surface area is 187 Å². The molecule has 1 aromatic rings. The van der Waals surface area contributed by atoms with E-state index in [-0.39, 0.29) is 0 Å². The quantitative estimate of drug-likeness (QED) is 0.194. The molecule has 1 aliphatic carbocycles. The van der Waals surface area contributed by atoms with Gasteiger partial charge >= 0.3 is 0 Å². The SMILES string of the molecule is C=CCC(c1ccc(OCCCCCCCC)cc1)C1CCC(CCCCC)CC1. The van der Waals surface area contributed by atoms with Gasteiger partial charge in [0.25, 0.3) is 0 Å². The first-order valence-electron chi connectivity index (χ1n) is 13.1. The van der Waals surface area contributed by atoms with Crippen LogP contribution in [0.2, 0.25) is 0 Å². The third-order valence-corrected chi connectivity index (χ3v) is 7.17. The van der Waals surface area contributed by atoms with Crippen LogP contribution < -0.4 is 4.74 Å². The number of ether oxygens (including phenoxy) is 1. The highest BCUT2D eigenvalue weighted by Gasteiger charge is 2.27. The van der Waals surface area contributed by atoms with Crippen LogP contribution in [0.15, 0.2) is 36.9 Å². The molecular weight excluding hydrogens is 364 g/mol. The molecule has 1 fully saturated rings. The molecule has 0 spiro atoms. The molecule has 30 heavy (non-hydrogen) atoms. The van der Waals surface area contributed by atoms with Crippen LogP contribution in [-0.2, 0) is 0 Å². The van der Waals surface area contributed by atoms with E-state index in [9.17, 15) is 0 Å². The maximum Gasteiger partial charge on any atom is 0.119 e. The van der Waals surface area contributed by atoms with E-state index in [0.29, 0.717) is 5.92 Å². The fraction of sp³-hybridized carbons (Fsp3) is 0.724. The fourth-order valence-electron chi connectivity index (χ4n) is 5.23. The number of rotatable bonds is 16. The van der Waals surface area contributed by atoms with Crippen LogP contribution >= 0.6 is 0 Å². The lowest BCUT2D eigenvalue weighted by Gasteiger charge is -2.34. The van der Waals surface area contributed by atoms with Gasteiger partial charge in [0.05, 0.1) is 6.61 Å². The van der Waals surface area contributed by atoms with Crippen LogP contribution in [0, 0.1) is 11.8 Å². The molecule has 1 nitrogen and oxygen atoms in total. The molecule has 0 aliphatic heterocycles. The van der Waals surface area contributed by atoms with Crippen LogP contribution in [-0.4, -0.2) is 6.61 Å². The average Bonchev–Trinajstić information content (AvgIpc) is 2.78. The van der Waals surface area contributed by atoms with Gasteiger partial charge in [-0.3, -0.25) is 0 Å². The van der Waals surface area contributed by atoms with Crippen molar-refractivity contribution < 1.29 is 4.74 Å². The first-order chi connectivity index (χ1) is 14.8. The molecule has 0 radical (unpaired) electrons. The molecule has 170 valence electrons. The summed E-state index contributed by atoms with van der Waals surface area (Å²) in [6, 6.07) is 9.02. The smallest absolute Gasteiger partial charge is 0.119 e. The summed E-state index contributed by atoms with van der Waals surface area (Å²) in [6.07, 6.45) is 22.4. The Hall–Kier alpha value is -1.24. The van der Waals surface area contributed by atoms with Crippen molar-refractivity contribution in [3.05, 3.63) is 42.5 Å². The Morgan fingerprint density at radius 3 is 2.17 bits per heavy atom. The van der Waals surface area contributed by atoms with Gasteiger partial charge in [-0.25, -0.2) is 0 Å². The lowest BCUT2D eigenvalue weighted by atomic mass is 9.71. The first-order valence-corrected chi connectivity index (χ1v) is 13.1. The summed E-state index contributed by atoms with van der Waals surface area (Å²) in [5.41, 5.74) is 1.48. The largest absolute Gasteiger partial charge is 0.494 e. The molecule has 0 N–H and O–H groups in total. The molecule has 0 heterocycles. The molecule has 0 bridgehead atoms. The van der Waals surface area contributed by atoms with Gasteiger partial charge in [0, 0.05) is 0 Å². The Bertz CT molecular complexity index is 538. The van der Waals surface area contributed by atoms with Gasteiger partial charge in [-0.2, -0.15) is 0 Å². The van der Waals surface area contributed by atoms with Crippen molar-refractivity contribution in [2.75, 3.05) is 6.61 Å². The second-order valence-corrected chi connectivity index (χ2v) is 9.59. The van der Waals surface area contributed by atoms with Crippen LogP contribution in [0.4, 0.5) is 0 Å². The Kier molecular flexibility index (Phi) is 13.0. The molecule has 1 aliphatic rings.